The van der Waals surface area contributed by atoms with Crippen LogP contribution in [-0.4, -0.2) is 61.0 Å². The minimum absolute atomic E-state index is 0.671. The van der Waals surface area contributed by atoms with Crippen LogP contribution in [0.1, 0.15) is 17.5 Å². The molecule has 1 aliphatic rings. The lowest BCUT2D eigenvalue weighted by molar-refractivity contribution is 0.215. The highest BCUT2D eigenvalue weighted by Gasteiger charge is 2.21. The third kappa shape index (κ3) is 3.50. The van der Waals surface area contributed by atoms with Crippen molar-refractivity contribution in [2.75, 3.05) is 31.1 Å². The average Bonchev–Trinajstić information content (AvgIpc) is 3.27. The Labute approximate surface area is 145 Å². The fraction of sp³-hybridized carbons (Fsp3) is 0.438. The number of hydrogen-bond donors (Lipinski definition) is 0. The molecule has 130 valence electrons. The Bertz CT molecular complexity index is 836. The van der Waals surface area contributed by atoms with Gasteiger partial charge in [-0.1, -0.05) is 5.16 Å². The van der Waals surface area contributed by atoms with Gasteiger partial charge in [0.2, 0.25) is 5.89 Å². The van der Waals surface area contributed by atoms with Crippen molar-refractivity contribution in [1.82, 2.24) is 34.8 Å². The molecule has 4 rings (SSSR count). The summed E-state index contributed by atoms with van der Waals surface area (Å²) in [6.07, 6.45) is 3.63. The summed E-state index contributed by atoms with van der Waals surface area (Å²) >= 11 is 0. The molecule has 4 heterocycles. The summed E-state index contributed by atoms with van der Waals surface area (Å²) < 4.78 is 6.96. The Morgan fingerprint density at radius 3 is 2.48 bits per heavy atom. The first kappa shape index (κ1) is 15.7. The Hall–Kier alpha value is -2.81. The minimum atomic E-state index is 0.671. The Balaban J connectivity index is 1.44. The van der Waals surface area contributed by atoms with Crippen molar-refractivity contribution >= 4 is 5.82 Å². The van der Waals surface area contributed by atoms with Gasteiger partial charge < -0.3 is 9.42 Å². The van der Waals surface area contributed by atoms with Crippen molar-refractivity contribution < 1.29 is 4.52 Å². The van der Waals surface area contributed by atoms with Gasteiger partial charge in [-0.05, 0) is 19.9 Å². The molecule has 0 N–H and O–H groups in total. The molecular formula is C16H20N8O. The van der Waals surface area contributed by atoms with E-state index < -0.39 is 0 Å². The second-order valence-corrected chi connectivity index (χ2v) is 6.08. The summed E-state index contributed by atoms with van der Waals surface area (Å²) in [5, 5.41) is 8.09. The van der Waals surface area contributed by atoms with Gasteiger partial charge in [0.25, 0.3) is 0 Å². The maximum atomic E-state index is 5.20. The molecule has 0 unspecified atom stereocenters. The van der Waals surface area contributed by atoms with Crippen LogP contribution in [0.3, 0.4) is 0 Å². The topological polar surface area (TPSA) is 89.0 Å². The molecule has 0 atom stereocenters. The molecule has 9 nitrogen and oxygen atoms in total. The van der Waals surface area contributed by atoms with Gasteiger partial charge in [-0.2, -0.15) is 10.1 Å². The molecule has 25 heavy (non-hydrogen) atoms. The summed E-state index contributed by atoms with van der Waals surface area (Å²) in [6, 6.07) is 3.87. The molecule has 1 saturated heterocycles. The molecule has 1 fully saturated rings. The van der Waals surface area contributed by atoms with Crippen molar-refractivity contribution in [2.24, 2.45) is 0 Å². The molecule has 3 aromatic heterocycles. The smallest absolute Gasteiger partial charge is 0.240 e. The van der Waals surface area contributed by atoms with E-state index in [1.807, 2.05) is 32.2 Å². The Morgan fingerprint density at radius 1 is 1.00 bits per heavy atom. The second kappa shape index (κ2) is 6.60. The van der Waals surface area contributed by atoms with Crippen LogP contribution in [-0.2, 0) is 6.54 Å². The normalized spacial score (nSPS) is 15.7. The molecule has 0 saturated carbocycles. The maximum absolute atomic E-state index is 5.20. The van der Waals surface area contributed by atoms with Crippen LogP contribution >= 0.6 is 0 Å². The average molecular weight is 340 g/mol. The van der Waals surface area contributed by atoms with Crippen LogP contribution in [0.2, 0.25) is 0 Å². The quantitative estimate of drug-likeness (QED) is 0.694. The fourth-order valence-electron chi connectivity index (χ4n) is 2.95. The Kier molecular flexibility index (Phi) is 4.14. The molecule has 0 spiro atoms. The summed E-state index contributed by atoms with van der Waals surface area (Å²) in [4.78, 5) is 17.9. The molecule has 0 radical (unpaired) electrons. The van der Waals surface area contributed by atoms with Crippen molar-refractivity contribution in [2.45, 2.75) is 20.4 Å². The number of aromatic nitrogens is 6. The number of piperazine rings is 1. The third-order valence-corrected chi connectivity index (χ3v) is 4.17. The second-order valence-electron chi connectivity index (χ2n) is 6.08. The highest BCUT2D eigenvalue weighted by molar-refractivity contribution is 5.44. The van der Waals surface area contributed by atoms with E-state index in [0.29, 0.717) is 18.3 Å². The predicted octanol–water partition coefficient (Wildman–Crippen LogP) is 0.984. The molecule has 0 bridgehead atoms. The van der Waals surface area contributed by atoms with E-state index in [-0.39, 0.29) is 0 Å². The number of anilines is 1. The summed E-state index contributed by atoms with van der Waals surface area (Å²) in [6.45, 7) is 8.05. The van der Waals surface area contributed by atoms with Crippen molar-refractivity contribution in [3.8, 4) is 5.82 Å². The van der Waals surface area contributed by atoms with Gasteiger partial charge >= 0.3 is 0 Å². The number of hydrogen-bond acceptors (Lipinski definition) is 8. The van der Waals surface area contributed by atoms with E-state index in [9.17, 15) is 0 Å². The summed E-state index contributed by atoms with van der Waals surface area (Å²) in [7, 11) is 0. The van der Waals surface area contributed by atoms with E-state index in [4.69, 9.17) is 4.52 Å². The van der Waals surface area contributed by atoms with Crippen LogP contribution in [0, 0.1) is 13.8 Å². The number of nitrogens with zero attached hydrogens (tertiary/aromatic N) is 8. The Morgan fingerprint density at radius 2 is 1.80 bits per heavy atom. The van der Waals surface area contributed by atoms with E-state index in [1.54, 1.807) is 10.9 Å². The summed E-state index contributed by atoms with van der Waals surface area (Å²) in [5.41, 5.74) is 0. The first-order chi connectivity index (χ1) is 12.2. The van der Waals surface area contributed by atoms with E-state index in [0.717, 1.165) is 43.6 Å². The van der Waals surface area contributed by atoms with Gasteiger partial charge in [0.1, 0.15) is 11.6 Å². The summed E-state index contributed by atoms with van der Waals surface area (Å²) in [5.74, 6) is 3.82. The van der Waals surface area contributed by atoms with Crippen molar-refractivity contribution in [3.05, 3.63) is 42.1 Å². The number of rotatable bonds is 4. The van der Waals surface area contributed by atoms with Crippen LogP contribution in [0.15, 0.2) is 29.0 Å². The van der Waals surface area contributed by atoms with Crippen LogP contribution in [0.5, 0.6) is 0 Å². The van der Waals surface area contributed by atoms with Gasteiger partial charge in [-0.3, -0.25) is 4.90 Å². The van der Waals surface area contributed by atoms with Gasteiger partial charge in [-0.25, -0.2) is 14.6 Å². The molecule has 0 aromatic carbocycles. The minimum Gasteiger partial charge on any atom is -0.354 e. The SMILES string of the molecule is Cc1nc(N2CCN(Cc3nc(C)no3)CC2)cc(-n2cccn2)n1. The highest BCUT2D eigenvalue weighted by Crippen LogP contribution is 2.17. The van der Waals surface area contributed by atoms with Crippen molar-refractivity contribution in [1.29, 1.82) is 0 Å². The fourth-order valence-corrected chi connectivity index (χ4v) is 2.95. The van der Waals surface area contributed by atoms with E-state index >= 15 is 0 Å². The zero-order valence-corrected chi connectivity index (χ0v) is 14.3. The largest absolute Gasteiger partial charge is 0.354 e. The van der Waals surface area contributed by atoms with Crippen LogP contribution in [0.4, 0.5) is 5.82 Å². The molecule has 0 aliphatic carbocycles. The molecule has 3 aromatic rings. The van der Waals surface area contributed by atoms with Crippen molar-refractivity contribution in [3.63, 3.8) is 0 Å². The van der Waals surface area contributed by atoms with Gasteiger partial charge in [0.05, 0.1) is 6.54 Å². The maximum Gasteiger partial charge on any atom is 0.240 e. The highest BCUT2D eigenvalue weighted by atomic mass is 16.5. The first-order valence-electron chi connectivity index (χ1n) is 8.29. The van der Waals surface area contributed by atoms with Crippen LogP contribution in [0.25, 0.3) is 5.82 Å². The molecule has 9 heteroatoms. The zero-order valence-electron chi connectivity index (χ0n) is 14.3. The predicted molar refractivity (Wildman–Crippen MR) is 90.4 cm³/mol. The lowest BCUT2D eigenvalue weighted by atomic mass is 10.3. The first-order valence-corrected chi connectivity index (χ1v) is 8.29. The zero-order chi connectivity index (χ0) is 17.2. The van der Waals surface area contributed by atoms with Crippen LogP contribution < -0.4 is 4.90 Å². The van der Waals surface area contributed by atoms with E-state index in [1.165, 1.54) is 0 Å². The molecule has 0 amide bonds. The third-order valence-electron chi connectivity index (χ3n) is 4.17. The number of aryl methyl sites for hydroxylation is 2. The molecular weight excluding hydrogens is 320 g/mol. The standard InChI is InChI=1S/C16H20N8O/c1-12-18-14(10-15(19-12)24-5-3-4-17-24)23-8-6-22(7-9-23)11-16-20-13(2)21-25-16/h3-5,10H,6-9,11H2,1-2H3. The van der Waals surface area contributed by atoms with Gasteiger partial charge in [0.15, 0.2) is 11.6 Å². The van der Waals surface area contributed by atoms with Gasteiger partial charge in [-0.15, -0.1) is 0 Å². The lowest BCUT2D eigenvalue weighted by Gasteiger charge is -2.34. The van der Waals surface area contributed by atoms with Gasteiger partial charge in [0, 0.05) is 44.6 Å². The molecule has 1 aliphatic heterocycles. The van der Waals surface area contributed by atoms with E-state index in [2.05, 4.69) is 35.0 Å². The monoisotopic (exact) mass is 340 g/mol. The lowest BCUT2D eigenvalue weighted by Crippen LogP contribution is -2.46.